The minimum atomic E-state index is 0.573. The van der Waals surface area contributed by atoms with Gasteiger partial charge in [0.05, 0.1) is 7.11 Å². The van der Waals surface area contributed by atoms with Crippen LogP contribution in [0.3, 0.4) is 0 Å². The fourth-order valence-electron chi connectivity index (χ4n) is 2.12. The normalized spacial score (nSPS) is 21.1. The SMILES string of the molecule is COc1cccc2c1CCNC(C)C2. The van der Waals surface area contributed by atoms with E-state index >= 15 is 0 Å². The minimum Gasteiger partial charge on any atom is -0.496 e. The average Bonchev–Trinajstić information content (AvgIpc) is 2.37. The van der Waals surface area contributed by atoms with Crippen LogP contribution in [0, 0.1) is 0 Å². The summed E-state index contributed by atoms with van der Waals surface area (Å²) in [5.74, 6) is 1.04. The average molecular weight is 191 g/mol. The topological polar surface area (TPSA) is 21.3 Å². The Balaban J connectivity index is 2.38. The molecule has 1 unspecified atom stereocenters. The first-order valence-corrected chi connectivity index (χ1v) is 5.19. The van der Waals surface area contributed by atoms with Gasteiger partial charge in [-0.25, -0.2) is 0 Å². The first kappa shape index (κ1) is 9.53. The molecule has 0 spiro atoms. The molecule has 1 aromatic carbocycles. The molecule has 1 aliphatic heterocycles. The highest BCUT2D eigenvalue weighted by Crippen LogP contribution is 2.25. The molecule has 0 aromatic heterocycles. The molecule has 0 aliphatic carbocycles. The van der Waals surface area contributed by atoms with Crippen molar-refractivity contribution in [2.45, 2.75) is 25.8 Å². The largest absolute Gasteiger partial charge is 0.496 e. The van der Waals surface area contributed by atoms with Crippen LogP contribution in [0.1, 0.15) is 18.1 Å². The molecule has 0 bridgehead atoms. The van der Waals surface area contributed by atoms with Gasteiger partial charge in [0.25, 0.3) is 0 Å². The van der Waals surface area contributed by atoms with Gasteiger partial charge in [0.1, 0.15) is 5.75 Å². The summed E-state index contributed by atoms with van der Waals surface area (Å²) in [5, 5.41) is 3.49. The monoisotopic (exact) mass is 191 g/mol. The van der Waals surface area contributed by atoms with Gasteiger partial charge in [-0.2, -0.15) is 0 Å². The molecular weight excluding hydrogens is 174 g/mol. The Bertz CT molecular complexity index is 322. The van der Waals surface area contributed by atoms with E-state index in [1.54, 1.807) is 7.11 Å². The highest BCUT2D eigenvalue weighted by atomic mass is 16.5. The first-order valence-electron chi connectivity index (χ1n) is 5.19. The van der Waals surface area contributed by atoms with Crippen LogP contribution in [0.5, 0.6) is 5.75 Å². The Hall–Kier alpha value is -1.02. The molecule has 1 aliphatic rings. The molecule has 1 N–H and O–H groups in total. The zero-order valence-electron chi connectivity index (χ0n) is 8.84. The van der Waals surface area contributed by atoms with E-state index in [1.807, 2.05) is 0 Å². The third-order valence-electron chi connectivity index (χ3n) is 2.84. The molecule has 0 saturated carbocycles. The van der Waals surface area contributed by atoms with Gasteiger partial charge in [-0.3, -0.25) is 0 Å². The second kappa shape index (κ2) is 4.01. The van der Waals surface area contributed by atoms with Crippen molar-refractivity contribution in [3.8, 4) is 5.75 Å². The van der Waals surface area contributed by atoms with Crippen molar-refractivity contribution < 1.29 is 4.74 Å². The summed E-state index contributed by atoms with van der Waals surface area (Å²) in [6, 6.07) is 6.91. The van der Waals surface area contributed by atoms with Gasteiger partial charge >= 0.3 is 0 Å². The number of ether oxygens (including phenoxy) is 1. The predicted molar refractivity (Wildman–Crippen MR) is 57.9 cm³/mol. The van der Waals surface area contributed by atoms with Crippen LogP contribution >= 0.6 is 0 Å². The lowest BCUT2D eigenvalue weighted by atomic mass is 10.00. The number of fused-ring (bicyclic) bond motifs is 1. The maximum atomic E-state index is 5.38. The molecule has 0 saturated heterocycles. The van der Waals surface area contributed by atoms with Gasteiger partial charge in [0.15, 0.2) is 0 Å². The Morgan fingerprint density at radius 2 is 2.29 bits per heavy atom. The summed E-state index contributed by atoms with van der Waals surface area (Å²) in [4.78, 5) is 0. The molecule has 0 radical (unpaired) electrons. The quantitative estimate of drug-likeness (QED) is 0.730. The second-order valence-electron chi connectivity index (χ2n) is 3.91. The van der Waals surface area contributed by atoms with Gasteiger partial charge in [-0.05, 0) is 43.5 Å². The van der Waals surface area contributed by atoms with E-state index in [-0.39, 0.29) is 0 Å². The lowest BCUT2D eigenvalue weighted by Gasteiger charge is -2.11. The van der Waals surface area contributed by atoms with E-state index in [0.717, 1.165) is 25.1 Å². The minimum absolute atomic E-state index is 0.573. The van der Waals surface area contributed by atoms with Gasteiger partial charge in [-0.1, -0.05) is 12.1 Å². The molecule has 2 rings (SSSR count). The number of hydrogen-bond acceptors (Lipinski definition) is 2. The summed E-state index contributed by atoms with van der Waals surface area (Å²) in [5.41, 5.74) is 2.81. The number of hydrogen-bond donors (Lipinski definition) is 1. The highest BCUT2D eigenvalue weighted by Gasteiger charge is 2.15. The summed E-state index contributed by atoms with van der Waals surface area (Å²) in [7, 11) is 1.75. The second-order valence-corrected chi connectivity index (χ2v) is 3.91. The van der Waals surface area contributed by atoms with E-state index in [2.05, 4.69) is 30.4 Å². The summed E-state index contributed by atoms with van der Waals surface area (Å²) in [6.07, 6.45) is 2.18. The zero-order valence-corrected chi connectivity index (χ0v) is 8.84. The van der Waals surface area contributed by atoms with Crippen molar-refractivity contribution >= 4 is 0 Å². The number of benzene rings is 1. The summed E-state index contributed by atoms with van der Waals surface area (Å²) < 4.78 is 5.38. The van der Waals surface area contributed by atoms with Crippen LogP contribution in [-0.4, -0.2) is 19.7 Å². The maximum absolute atomic E-state index is 5.38. The third-order valence-corrected chi connectivity index (χ3v) is 2.84. The molecule has 76 valence electrons. The third kappa shape index (κ3) is 1.75. The predicted octanol–water partition coefficient (Wildman–Crippen LogP) is 1.77. The van der Waals surface area contributed by atoms with E-state index in [9.17, 15) is 0 Å². The molecule has 2 nitrogen and oxygen atoms in total. The number of nitrogens with one attached hydrogen (secondary N) is 1. The van der Waals surface area contributed by atoms with Crippen molar-refractivity contribution in [1.29, 1.82) is 0 Å². The fraction of sp³-hybridized carbons (Fsp3) is 0.500. The van der Waals surface area contributed by atoms with E-state index in [4.69, 9.17) is 4.74 Å². The summed E-state index contributed by atoms with van der Waals surface area (Å²) >= 11 is 0. The Kier molecular flexibility index (Phi) is 2.73. The molecule has 14 heavy (non-hydrogen) atoms. The molecule has 0 fully saturated rings. The van der Waals surface area contributed by atoms with E-state index < -0.39 is 0 Å². The van der Waals surface area contributed by atoms with Crippen molar-refractivity contribution in [3.63, 3.8) is 0 Å². The maximum Gasteiger partial charge on any atom is 0.122 e. The Labute approximate surface area is 85.3 Å². The molecular formula is C12H17NO. The van der Waals surface area contributed by atoms with Crippen LogP contribution in [0.4, 0.5) is 0 Å². The standard InChI is InChI=1S/C12H17NO/c1-9-8-10-4-3-5-12(14-2)11(10)6-7-13-9/h3-5,9,13H,6-8H2,1-2H3. The molecule has 1 atom stereocenters. The van der Waals surface area contributed by atoms with E-state index in [0.29, 0.717) is 6.04 Å². The van der Waals surface area contributed by atoms with Gasteiger partial charge in [-0.15, -0.1) is 0 Å². The molecule has 1 aromatic rings. The van der Waals surface area contributed by atoms with Crippen LogP contribution < -0.4 is 10.1 Å². The molecule has 0 amide bonds. The van der Waals surface area contributed by atoms with Crippen LogP contribution in [-0.2, 0) is 12.8 Å². The number of rotatable bonds is 1. The zero-order chi connectivity index (χ0) is 9.97. The van der Waals surface area contributed by atoms with Gasteiger partial charge in [0, 0.05) is 6.04 Å². The van der Waals surface area contributed by atoms with Crippen LogP contribution in [0.25, 0.3) is 0 Å². The Morgan fingerprint density at radius 1 is 1.43 bits per heavy atom. The fourth-order valence-corrected chi connectivity index (χ4v) is 2.12. The van der Waals surface area contributed by atoms with E-state index in [1.165, 1.54) is 11.1 Å². The lowest BCUT2D eigenvalue weighted by Crippen LogP contribution is -2.27. The van der Waals surface area contributed by atoms with Gasteiger partial charge < -0.3 is 10.1 Å². The van der Waals surface area contributed by atoms with Crippen LogP contribution in [0.15, 0.2) is 18.2 Å². The number of methoxy groups -OCH3 is 1. The van der Waals surface area contributed by atoms with Crippen molar-refractivity contribution in [2.75, 3.05) is 13.7 Å². The highest BCUT2D eigenvalue weighted by molar-refractivity contribution is 5.41. The van der Waals surface area contributed by atoms with Crippen LogP contribution in [0.2, 0.25) is 0 Å². The van der Waals surface area contributed by atoms with Crippen molar-refractivity contribution in [2.24, 2.45) is 0 Å². The Morgan fingerprint density at radius 3 is 3.07 bits per heavy atom. The lowest BCUT2D eigenvalue weighted by molar-refractivity contribution is 0.409. The van der Waals surface area contributed by atoms with Crippen molar-refractivity contribution in [1.82, 2.24) is 5.32 Å². The molecule has 2 heteroatoms. The van der Waals surface area contributed by atoms with Crippen molar-refractivity contribution in [3.05, 3.63) is 29.3 Å². The van der Waals surface area contributed by atoms with Gasteiger partial charge in [0.2, 0.25) is 0 Å². The smallest absolute Gasteiger partial charge is 0.122 e. The molecule has 1 heterocycles. The first-order chi connectivity index (χ1) is 6.81. The summed E-state index contributed by atoms with van der Waals surface area (Å²) in [6.45, 7) is 3.28.